The molecule has 0 atom stereocenters. The number of hydrogen-bond donors (Lipinski definition) is 1. The maximum Gasteiger partial charge on any atom is 0.311 e. The van der Waals surface area contributed by atoms with Crippen LogP contribution < -0.4 is 10.1 Å². The van der Waals surface area contributed by atoms with E-state index in [1.165, 1.54) is 12.1 Å². The molecule has 1 aromatic rings. The van der Waals surface area contributed by atoms with Crippen LogP contribution in [0, 0.1) is 21.4 Å². The molecule has 19 heavy (non-hydrogen) atoms. The molecule has 0 aliphatic heterocycles. The topological polar surface area (TPSA) is 88.2 Å². The zero-order valence-electron chi connectivity index (χ0n) is 11.3. The summed E-state index contributed by atoms with van der Waals surface area (Å²) in [4.78, 5) is 10.5. The molecule has 0 spiro atoms. The average molecular weight is 263 g/mol. The number of ether oxygens (including phenoxy) is 1. The lowest BCUT2D eigenvalue weighted by Gasteiger charge is -2.20. The fourth-order valence-electron chi connectivity index (χ4n) is 1.41. The van der Waals surface area contributed by atoms with Crippen LogP contribution in [0.25, 0.3) is 0 Å². The highest BCUT2D eigenvalue weighted by Gasteiger charge is 2.17. The zero-order valence-corrected chi connectivity index (χ0v) is 11.3. The first-order valence-electron chi connectivity index (χ1n) is 5.85. The predicted octanol–water partition coefficient (Wildman–Crippen LogP) is 2.39. The van der Waals surface area contributed by atoms with Crippen LogP contribution in [-0.2, 0) is 6.54 Å². The Kier molecular flexibility index (Phi) is 4.84. The Bertz CT molecular complexity index is 501. The van der Waals surface area contributed by atoms with E-state index >= 15 is 0 Å². The fourth-order valence-corrected chi connectivity index (χ4v) is 1.41. The molecule has 102 valence electrons. The lowest BCUT2D eigenvalue weighted by Crippen LogP contribution is -2.35. The molecule has 1 aromatic carbocycles. The summed E-state index contributed by atoms with van der Waals surface area (Å²) in [5, 5.41) is 22.6. The van der Waals surface area contributed by atoms with Crippen molar-refractivity contribution in [2.75, 3.05) is 6.61 Å². The highest BCUT2D eigenvalue weighted by Crippen LogP contribution is 2.28. The Balaban J connectivity index is 2.90. The number of nitriles is 1. The normalized spacial score (nSPS) is 10.8. The van der Waals surface area contributed by atoms with Crippen LogP contribution in [0.5, 0.6) is 5.75 Å². The van der Waals surface area contributed by atoms with Crippen molar-refractivity contribution in [2.45, 2.75) is 32.9 Å². The van der Waals surface area contributed by atoms with Crippen molar-refractivity contribution in [3.8, 4) is 11.8 Å². The van der Waals surface area contributed by atoms with Gasteiger partial charge in [0.05, 0.1) is 4.92 Å². The van der Waals surface area contributed by atoms with Crippen LogP contribution in [-0.4, -0.2) is 17.1 Å². The molecular weight excluding hydrogens is 246 g/mol. The van der Waals surface area contributed by atoms with Gasteiger partial charge in [0.25, 0.3) is 0 Å². The minimum atomic E-state index is -0.507. The van der Waals surface area contributed by atoms with Crippen molar-refractivity contribution >= 4 is 5.69 Å². The third-order valence-electron chi connectivity index (χ3n) is 2.34. The fraction of sp³-hybridized carbons (Fsp3) is 0.462. The highest BCUT2D eigenvalue weighted by molar-refractivity contribution is 5.48. The van der Waals surface area contributed by atoms with Crippen LogP contribution in [0.2, 0.25) is 0 Å². The standard InChI is InChI=1S/C13H17N3O3/c1-13(2,3)15-9-10-4-5-12(19-7-6-14)11(8-10)16(17)18/h4-5,8,15H,7,9H2,1-3H3. The number of nitro groups is 1. The van der Waals surface area contributed by atoms with E-state index in [-0.39, 0.29) is 23.6 Å². The third-order valence-corrected chi connectivity index (χ3v) is 2.34. The first-order valence-corrected chi connectivity index (χ1v) is 5.85. The minimum Gasteiger partial charge on any atom is -0.472 e. The molecule has 0 heterocycles. The van der Waals surface area contributed by atoms with Gasteiger partial charge in [0.1, 0.15) is 6.07 Å². The average Bonchev–Trinajstić information content (AvgIpc) is 2.33. The number of nitrogens with one attached hydrogen (secondary N) is 1. The molecule has 0 bridgehead atoms. The van der Waals surface area contributed by atoms with E-state index in [0.29, 0.717) is 6.54 Å². The van der Waals surface area contributed by atoms with Crippen LogP contribution in [0.1, 0.15) is 26.3 Å². The largest absolute Gasteiger partial charge is 0.472 e. The summed E-state index contributed by atoms with van der Waals surface area (Å²) in [6.45, 7) is 6.38. The quantitative estimate of drug-likeness (QED) is 0.650. The lowest BCUT2D eigenvalue weighted by molar-refractivity contribution is -0.385. The maximum atomic E-state index is 11.0. The molecule has 0 saturated carbocycles. The molecule has 0 aliphatic carbocycles. The second-order valence-corrected chi connectivity index (χ2v) is 5.11. The molecule has 1 rings (SSSR count). The Morgan fingerprint density at radius 1 is 1.47 bits per heavy atom. The van der Waals surface area contributed by atoms with Gasteiger partial charge in [0.15, 0.2) is 12.4 Å². The Labute approximate surface area is 112 Å². The minimum absolute atomic E-state index is 0.0647. The molecule has 0 unspecified atom stereocenters. The summed E-state index contributed by atoms with van der Waals surface area (Å²) in [6.07, 6.45) is 0. The van der Waals surface area contributed by atoms with Gasteiger partial charge in [-0.1, -0.05) is 6.07 Å². The summed E-state index contributed by atoms with van der Waals surface area (Å²) in [7, 11) is 0. The van der Waals surface area contributed by atoms with Gasteiger partial charge in [0, 0.05) is 18.2 Å². The van der Waals surface area contributed by atoms with E-state index in [1.807, 2.05) is 20.8 Å². The molecule has 6 heteroatoms. The van der Waals surface area contributed by atoms with Gasteiger partial charge in [-0.25, -0.2) is 0 Å². The van der Waals surface area contributed by atoms with Crippen molar-refractivity contribution in [3.63, 3.8) is 0 Å². The summed E-state index contributed by atoms with van der Waals surface area (Å²) < 4.78 is 5.02. The van der Waals surface area contributed by atoms with Crippen LogP contribution in [0.15, 0.2) is 18.2 Å². The van der Waals surface area contributed by atoms with E-state index in [9.17, 15) is 10.1 Å². The van der Waals surface area contributed by atoms with E-state index in [4.69, 9.17) is 10.00 Å². The van der Waals surface area contributed by atoms with Gasteiger partial charge in [-0.15, -0.1) is 0 Å². The second-order valence-electron chi connectivity index (χ2n) is 5.11. The molecule has 0 fully saturated rings. The van der Waals surface area contributed by atoms with Gasteiger partial charge in [0.2, 0.25) is 0 Å². The molecule has 0 aliphatic rings. The maximum absolute atomic E-state index is 11.0. The molecule has 0 radical (unpaired) electrons. The number of nitro benzene ring substituents is 1. The number of rotatable bonds is 5. The smallest absolute Gasteiger partial charge is 0.311 e. The third kappa shape index (κ3) is 4.94. The van der Waals surface area contributed by atoms with Gasteiger partial charge >= 0.3 is 5.69 Å². The van der Waals surface area contributed by atoms with Gasteiger partial charge in [-0.2, -0.15) is 5.26 Å². The van der Waals surface area contributed by atoms with Crippen LogP contribution >= 0.6 is 0 Å². The Hall–Kier alpha value is -2.13. The van der Waals surface area contributed by atoms with Crippen molar-refractivity contribution < 1.29 is 9.66 Å². The van der Waals surface area contributed by atoms with Crippen molar-refractivity contribution in [2.24, 2.45) is 0 Å². The highest BCUT2D eigenvalue weighted by atomic mass is 16.6. The summed E-state index contributed by atoms with van der Waals surface area (Å²) in [5.74, 6) is 0.117. The molecule has 6 nitrogen and oxygen atoms in total. The van der Waals surface area contributed by atoms with Crippen molar-refractivity contribution in [1.29, 1.82) is 5.26 Å². The van der Waals surface area contributed by atoms with Gasteiger partial charge < -0.3 is 10.1 Å². The van der Waals surface area contributed by atoms with E-state index < -0.39 is 4.92 Å². The number of nitrogens with zero attached hydrogens (tertiary/aromatic N) is 2. The summed E-state index contributed by atoms with van der Waals surface area (Å²) >= 11 is 0. The number of benzene rings is 1. The van der Waals surface area contributed by atoms with Crippen molar-refractivity contribution in [1.82, 2.24) is 5.32 Å². The van der Waals surface area contributed by atoms with Gasteiger partial charge in [-0.05, 0) is 32.4 Å². The summed E-state index contributed by atoms with van der Waals surface area (Å²) in [6, 6.07) is 6.52. The Morgan fingerprint density at radius 2 is 2.16 bits per heavy atom. The van der Waals surface area contributed by atoms with Crippen LogP contribution in [0.4, 0.5) is 5.69 Å². The Morgan fingerprint density at radius 3 is 2.68 bits per heavy atom. The van der Waals surface area contributed by atoms with Crippen LogP contribution in [0.3, 0.4) is 0 Å². The molecule has 0 aromatic heterocycles. The SMILES string of the molecule is CC(C)(C)NCc1ccc(OCC#N)c([N+](=O)[O-])c1. The lowest BCUT2D eigenvalue weighted by atomic mass is 10.1. The predicted molar refractivity (Wildman–Crippen MR) is 70.8 cm³/mol. The molecule has 0 amide bonds. The first kappa shape index (κ1) is 14.9. The first-order chi connectivity index (χ1) is 8.83. The molecule has 1 N–H and O–H groups in total. The van der Waals surface area contributed by atoms with Gasteiger partial charge in [-0.3, -0.25) is 10.1 Å². The monoisotopic (exact) mass is 263 g/mol. The van der Waals surface area contributed by atoms with E-state index in [0.717, 1.165) is 5.56 Å². The van der Waals surface area contributed by atoms with E-state index in [1.54, 1.807) is 12.1 Å². The van der Waals surface area contributed by atoms with Crippen molar-refractivity contribution in [3.05, 3.63) is 33.9 Å². The number of hydrogen-bond acceptors (Lipinski definition) is 5. The van der Waals surface area contributed by atoms with E-state index in [2.05, 4.69) is 5.32 Å². The zero-order chi connectivity index (χ0) is 14.5. The second kappa shape index (κ2) is 6.16. The molecular formula is C13H17N3O3. The summed E-state index contributed by atoms with van der Waals surface area (Å²) in [5.41, 5.74) is 0.611. The molecule has 0 saturated heterocycles.